The number of piperazine rings is 1. The smallest absolute Gasteiger partial charge is 0.264 e. The molecule has 16 heavy (non-hydrogen) atoms. The second kappa shape index (κ2) is 4.97. The van der Waals surface area contributed by atoms with Crippen molar-refractivity contribution in [1.82, 2.24) is 9.80 Å². The first-order valence-corrected chi connectivity index (χ1v) is 6.67. The minimum Gasteiger partial charge on any atom is -0.335 e. The number of likely N-dealkylation sites (N-methyl/N-ethyl adjacent to an activating group) is 1. The van der Waals surface area contributed by atoms with E-state index < -0.39 is 0 Å². The van der Waals surface area contributed by atoms with Gasteiger partial charge in [-0.05, 0) is 24.9 Å². The molecular formula is C12H18N2OS. The van der Waals surface area contributed by atoms with Gasteiger partial charge in [0.1, 0.15) is 0 Å². The van der Waals surface area contributed by atoms with Gasteiger partial charge in [-0.1, -0.05) is 13.0 Å². The monoisotopic (exact) mass is 238 g/mol. The normalized spacial score (nSPS) is 22.4. The maximum absolute atomic E-state index is 12.1. The molecular weight excluding hydrogens is 220 g/mol. The molecule has 2 heterocycles. The van der Waals surface area contributed by atoms with Gasteiger partial charge < -0.3 is 4.90 Å². The van der Waals surface area contributed by atoms with Gasteiger partial charge in [0, 0.05) is 25.7 Å². The molecule has 0 bridgehead atoms. The van der Waals surface area contributed by atoms with Crippen molar-refractivity contribution in [3.8, 4) is 0 Å². The summed E-state index contributed by atoms with van der Waals surface area (Å²) in [4.78, 5) is 17.4. The fourth-order valence-electron chi connectivity index (χ4n) is 2.21. The van der Waals surface area contributed by atoms with Crippen LogP contribution in [0.25, 0.3) is 0 Å². The average Bonchev–Trinajstić information content (AvgIpc) is 2.81. The highest BCUT2D eigenvalue weighted by atomic mass is 32.1. The summed E-state index contributed by atoms with van der Waals surface area (Å²) in [6, 6.07) is 4.32. The predicted octanol–water partition coefficient (Wildman–Crippen LogP) is 1.91. The van der Waals surface area contributed by atoms with E-state index in [0.29, 0.717) is 6.04 Å². The third-order valence-electron chi connectivity index (χ3n) is 3.19. The number of rotatable bonds is 2. The number of hydrogen-bond donors (Lipinski definition) is 0. The molecule has 0 N–H and O–H groups in total. The summed E-state index contributed by atoms with van der Waals surface area (Å²) in [5, 5.41) is 1.96. The Morgan fingerprint density at radius 2 is 2.38 bits per heavy atom. The van der Waals surface area contributed by atoms with Crippen LogP contribution in [-0.2, 0) is 0 Å². The van der Waals surface area contributed by atoms with Gasteiger partial charge >= 0.3 is 0 Å². The molecule has 0 aromatic carbocycles. The molecule has 0 aliphatic carbocycles. The number of hydrogen-bond acceptors (Lipinski definition) is 3. The van der Waals surface area contributed by atoms with E-state index in [1.54, 1.807) is 0 Å². The summed E-state index contributed by atoms with van der Waals surface area (Å²) < 4.78 is 0. The molecule has 1 aromatic rings. The first-order chi connectivity index (χ1) is 7.72. The van der Waals surface area contributed by atoms with E-state index in [2.05, 4.69) is 18.7 Å². The Morgan fingerprint density at radius 3 is 2.94 bits per heavy atom. The zero-order chi connectivity index (χ0) is 11.5. The highest BCUT2D eigenvalue weighted by Gasteiger charge is 2.26. The summed E-state index contributed by atoms with van der Waals surface area (Å²) in [5.41, 5.74) is 0. The summed E-state index contributed by atoms with van der Waals surface area (Å²) in [6.07, 6.45) is 0. The van der Waals surface area contributed by atoms with E-state index >= 15 is 0 Å². The van der Waals surface area contributed by atoms with Crippen molar-refractivity contribution in [1.29, 1.82) is 0 Å². The standard InChI is InChI=1S/C12H18N2OS/c1-3-13-6-7-14(9-10(13)2)12(15)11-5-4-8-16-11/h4-5,8,10H,3,6-7,9H2,1-2H3. The molecule has 1 unspecified atom stereocenters. The summed E-state index contributed by atoms with van der Waals surface area (Å²) in [7, 11) is 0. The average molecular weight is 238 g/mol. The second-order valence-electron chi connectivity index (χ2n) is 4.21. The lowest BCUT2D eigenvalue weighted by molar-refractivity contribution is 0.0533. The third-order valence-corrected chi connectivity index (χ3v) is 4.05. The van der Waals surface area contributed by atoms with Crippen LogP contribution in [0.4, 0.5) is 0 Å². The lowest BCUT2D eigenvalue weighted by Crippen LogP contribution is -2.53. The zero-order valence-corrected chi connectivity index (χ0v) is 10.7. The van der Waals surface area contributed by atoms with Gasteiger partial charge in [-0.2, -0.15) is 0 Å². The third kappa shape index (κ3) is 2.28. The van der Waals surface area contributed by atoms with E-state index in [1.165, 1.54) is 11.3 Å². The number of thiophene rings is 1. The van der Waals surface area contributed by atoms with Gasteiger partial charge in [0.25, 0.3) is 5.91 Å². The van der Waals surface area contributed by atoms with Crippen LogP contribution in [0.5, 0.6) is 0 Å². The van der Waals surface area contributed by atoms with Crippen LogP contribution >= 0.6 is 11.3 Å². The fraction of sp³-hybridized carbons (Fsp3) is 0.583. The summed E-state index contributed by atoms with van der Waals surface area (Å²) >= 11 is 1.53. The zero-order valence-electron chi connectivity index (χ0n) is 9.85. The minimum absolute atomic E-state index is 0.192. The molecule has 1 amide bonds. The molecule has 0 saturated carbocycles. The molecule has 1 fully saturated rings. The molecule has 1 atom stereocenters. The Balaban J connectivity index is 2.00. The van der Waals surface area contributed by atoms with Crippen molar-refractivity contribution in [2.24, 2.45) is 0 Å². The van der Waals surface area contributed by atoms with E-state index in [-0.39, 0.29) is 5.91 Å². The van der Waals surface area contributed by atoms with E-state index in [0.717, 1.165) is 31.1 Å². The Bertz CT molecular complexity index is 350. The van der Waals surface area contributed by atoms with Gasteiger partial charge in [-0.15, -0.1) is 11.3 Å². The quantitative estimate of drug-likeness (QED) is 0.786. The topological polar surface area (TPSA) is 23.6 Å². The van der Waals surface area contributed by atoms with Crippen LogP contribution in [0.3, 0.4) is 0 Å². The van der Waals surface area contributed by atoms with Crippen LogP contribution in [0, 0.1) is 0 Å². The van der Waals surface area contributed by atoms with Gasteiger partial charge in [0.15, 0.2) is 0 Å². The van der Waals surface area contributed by atoms with Crippen LogP contribution in [-0.4, -0.2) is 47.9 Å². The Hall–Kier alpha value is -0.870. The van der Waals surface area contributed by atoms with Gasteiger partial charge in [-0.3, -0.25) is 9.69 Å². The summed E-state index contributed by atoms with van der Waals surface area (Å²) in [6.45, 7) is 8.14. The second-order valence-corrected chi connectivity index (χ2v) is 5.15. The van der Waals surface area contributed by atoms with Gasteiger partial charge in [-0.25, -0.2) is 0 Å². The SMILES string of the molecule is CCN1CCN(C(=O)c2cccs2)CC1C. The van der Waals surface area contributed by atoms with Crippen molar-refractivity contribution < 1.29 is 4.79 Å². The lowest BCUT2D eigenvalue weighted by atomic mass is 10.2. The Kier molecular flexibility index (Phi) is 3.61. The number of amides is 1. The molecule has 3 nitrogen and oxygen atoms in total. The predicted molar refractivity (Wildman–Crippen MR) is 66.9 cm³/mol. The number of carbonyl (C=O) groups excluding carboxylic acids is 1. The maximum Gasteiger partial charge on any atom is 0.264 e. The van der Waals surface area contributed by atoms with Crippen LogP contribution in [0.1, 0.15) is 23.5 Å². The molecule has 4 heteroatoms. The first kappa shape index (κ1) is 11.6. The van der Waals surface area contributed by atoms with Crippen molar-refractivity contribution in [3.63, 3.8) is 0 Å². The van der Waals surface area contributed by atoms with Crippen LogP contribution < -0.4 is 0 Å². The molecule has 88 valence electrons. The number of nitrogens with zero attached hydrogens (tertiary/aromatic N) is 2. The molecule has 2 rings (SSSR count). The molecule has 0 radical (unpaired) electrons. The van der Waals surface area contributed by atoms with E-state index in [4.69, 9.17) is 0 Å². The maximum atomic E-state index is 12.1. The minimum atomic E-state index is 0.192. The van der Waals surface area contributed by atoms with E-state index in [9.17, 15) is 4.79 Å². The van der Waals surface area contributed by atoms with Crippen molar-refractivity contribution >= 4 is 17.2 Å². The van der Waals surface area contributed by atoms with Crippen LogP contribution in [0.2, 0.25) is 0 Å². The largest absolute Gasteiger partial charge is 0.335 e. The van der Waals surface area contributed by atoms with Gasteiger partial charge in [0.05, 0.1) is 4.88 Å². The molecule has 1 aliphatic heterocycles. The molecule has 0 spiro atoms. The summed E-state index contributed by atoms with van der Waals surface area (Å²) in [5.74, 6) is 0.192. The first-order valence-electron chi connectivity index (χ1n) is 5.79. The van der Waals surface area contributed by atoms with Crippen molar-refractivity contribution in [2.75, 3.05) is 26.2 Å². The van der Waals surface area contributed by atoms with Crippen molar-refractivity contribution in [2.45, 2.75) is 19.9 Å². The lowest BCUT2D eigenvalue weighted by Gasteiger charge is -2.39. The molecule has 1 saturated heterocycles. The highest BCUT2D eigenvalue weighted by Crippen LogP contribution is 2.16. The fourth-order valence-corrected chi connectivity index (χ4v) is 2.90. The van der Waals surface area contributed by atoms with Crippen LogP contribution in [0.15, 0.2) is 17.5 Å². The number of carbonyl (C=O) groups is 1. The Labute approximate surface area is 101 Å². The molecule has 1 aromatic heterocycles. The highest BCUT2D eigenvalue weighted by molar-refractivity contribution is 7.12. The van der Waals surface area contributed by atoms with Gasteiger partial charge in [0.2, 0.25) is 0 Å². The Morgan fingerprint density at radius 1 is 1.56 bits per heavy atom. The van der Waals surface area contributed by atoms with E-state index in [1.807, 2.05) is 22.4 Å². The van der Waals surface area contributed by atoms with Crippen molar-refractivity contribution in [3.05, 3.63) is 22.4 Å². The molecule has 1 aliphatic rings.